The molecule has 1 fully saturated rings. The lowest BCUT2D eigenvalue weighted by Gasteiger charge is -2.17. The topological polar surface area (TPSA) is 12.0 Å². The van der Waals surface area contributed by atoms with Crippen LogP contribution in [0.4, 0.5) is 4.39 Å². The Morgan fingerprint density at radius 1 is 1.47 bits per heavy atom. The first-order valence-electron chi connectivity index (χ1n) is 6.38. The van der Waals surface area contributed by atoms with Gasteiger partial charge < -0.3 is 5.32 Å². The van der Waals surface area contributed by atoms with Crippen molar-refractivity contribution in [2.24, 2.45) is 5.92 Å². The van der Waals surface area contributed by atoms with Crippen LogP contribution in [0.2, 0.25) is 0 Å². The molecule has 1 atom stereocenters. The summed E-state index contributed by atoms with van der Waals surface area (Å²) in [7, 11) is 0. The third-order valence-corrected chi connectivity index (χ3v) is 4.14. The summed E-state index contributed by atoms with van der Waals surface area (Å²) >= 11 is 3.43. The highest BCUT2D eigenvalue weighted by molar-refractivity contribution is 9.10. The molecule has 0 spiro atoms. The van der Waals surface area contributed by atoms with Gasteiger partial charge in [-0.15, -0.1) is 0 Å². The molecule has 1 nitrogen and oxygen atoms in total. The van der Waals surface area contributed by atoms with Gasteiger partial charge in [-0.05, 0) is 55.8 Å². The van der Waals surface area contributed by atoms with Gasteiger partial charge in [-0.1, -0.05) is 28.9 Å². The van der Waals surface area contributed by atoms with Crippen molar-refractivity contribution in [2.45, 2.75) is 38.6 Å². The molecular weight excluding hydrogens is 281 g/mol. The van der Waals surface area contributed by atoms with Crippen molar-refractivity contribution in [1.29, 1.82) is 0 Å². The van der Waals surface area contributed by atoms with Crippen LogP contribution in [0.5, 0.6) is 0 Å². The van der Waals surface area contributed by atoms with Gasteiger partial charge in [-0.25, -0.2) is 4.39 Å². The van der Waals surface area contributed by atoms with Crippen molar-refractivity contribution in [3.8, 4) is 0 Å². The Morgan fingerprint density at radius 3 is 2.82 bits per heavy atom. The maximum absolute atomic E-state index is 13.0. The van der Waals surface area contributed by atoms with Gasteiger partial charge in [0.25, 0.3) is 0 Å². The second-order valence-electron chi connectivity index (χ2n) is 4.78. The van der Waals surface area contributed by atoms with Crippen LogP contribution in [0, 0.1) is 11.7 Å². The first-order valence-corrected chi connectivity index (χ1v) is 7.17. The van der Waals surface area contributed by atoms with Crippen LogP contribution in [0.15, 0.2) is 22.7 Å². The minimum atomic E-state index is -0.175. The number of rotatable bonds is 6. The maximum Gasteiger partial charge on any atom is 0.124 e. The molecule has 0 bridgehead atoms. The molecule has 1 aliphatic carbocycles. The van der Waals surface area contributed by atoms with E-state index in [1.165, 1.54) is 18.4 Å². The first-order chi connectivity index (χ1) is 8.20. The van der Waals surface area contributed by atoms with Crippen LogP contribution in [0.25, 0.3) is 0 Å². The fourth-order valence-electron chi connectivity index (χ4n) is 2.30. The fourth-order valence-corrected chi connectivity index (χ4v) is 2.85. The summed E-state index contributed by atoms with van der Waals surface area (Å²) in [5.74, 6) is 0.695. The molecule has 1 saturated carbocycles. The van der Waals surface area contributed by atoms with Crippen LogP contribution in [-0.4, -0.2) is 12.6 Å². The monoisotopic (exact) mass is 299 g/mol. The zero-order valence-electron chi connectivity index (χ0n) is 10.2. The summed E-state index contributed by atoms with van der Waals surface area (Å²) in [5.41, 5.74) is 1.20. The van der Waals surface area contributed by atoms with Gasteiger partial charge in [0.05, 0.1) is 0 Å². The van der Waals surface area contributed by atoms with Gasteiger partial charge in [0.1, 0.15) is 5.82 Å². The quantitative estimate of drug-likeness (QED) is 0.840. The molecule has 1 aromatic carbocycles. The third kappa shape index (κ3) is 3.78. The second-order valence-corrected chi connectivity index (χ2v) is 5.63. The van der Waals surface area contributed by atoms with Crippen LogP contribution in [0.3, 0.4) is 0 Å². The molecule has 0 amide bonds. The first kappa shape index (κ1) is 13.0. The van der Waals surface area contributed by atoms with Crippen molar-refractivity contribution in [2.75, 3.05) is 6.54 Å². The lowest BCUT2D eigenvalue weighted by Crippen LogP contribution is -2.31. The highest BCUT2D eigenvalue weighted by Crippen LogP contribution is 2.34. The van der Waals surface area contributed by atoms with Gasteiger partial charge in [0.15, 0.2) is 0 Å². The van der Waals surface area contributed by atoms with E-state index in [1.807, 2.05) is 6.07 Å². The minimum absolute atomic E-state index is 0.175. The second kappa shape index (κ2) is 5.96. The highest BCUT2D eigenvalue weighted by Gasteiger charge is 2.30. The molecule has 1 unspecified atom stereocenters. The molecule has 0 aliphatic heterocycles. The van der Waals surface area contributed by atoms with E-state index in [4.69, 9.17) is 0 Å². The zero-order chi connectivity index (χ0) is 12.3. The van der Waals surface area contributed by atoms with E-state index < -0.39 is 0 Å². The SMILES string of the molecule is CCNC(CCc1ccc(F)cc1Br)C1CC1. The summed E-state index contributed by atoms with van der Waals surface area (Å²) in [6.45, 7) is 3.19. The normalized spacial score (nSPS) is 17.1. The molecule has 0 aromatic heterocycles. The van der Waals surface area contributed by atoms with E-state index in [-0.39, 0.29) is 5.82 Å². The molecule has 3 heteroatoms. The lowest BCUT2D eigenvalue weighted by atomic mass is 10.0. The number of nitrogens with one attached hydrogen (secondary N) is 1. The summed E-state index contributed by atoms with van der Waals surface area (Å²) in [6.07, 6.45) is 4.88. The van der Waals surface area contributed by atoms with E-state index in [9.17, 15) is 4.39 Å². The molecular formula is C14H19BrFN. The van der Waals surface area contributed by atoms with Crippen molar-refractivity contribution in [1.82, 2.24) is 5.32 Å². The Morgan fingerprint density at radius 2 is 2.24 bits per heavy atom. The van der Waals surface area contributed by atoms with Crippen molar-refractivity contribution in [3.63, 3.8) is 0 Å². The van der Waals surface area contributed by atoms with Crippen LogP contribution < -0.4 is 5.32 Å². The van der Waals surface area contributed by atoms with Crippen molar-refractivity contribution in [3.05, 3.63) is 34.1 Å². The van der Waals surface area contributed by atoms with Gasteiger partial charge in [0, 0.05) is 10.5 Å². The Kier molecular flexibility index (Phi) is 4.57. The predicted molar refractivity (Wildman–Crippen MR) is 72.6 cm³/mol. The number of aryl methyl sites for hydroxylation is 1. The van der Waals surface area contributed by atoms with E-state index in [0.717, 1.165) is 29.8 Å². The van der Waals surface area contributed by atoms with E-state index in [1.54, 1.807) is 12.1 Å². The average Bonchev–Trinajstić information content (AvgIpc) is 3.10. The molecule has 1 N–H and O–H groups in total. The smallest absolute Gasteiger partial charge is 0.124 e. The predicted octanol–water partition coefficient (Wildman–Crippen LogP) is 3.91. The molecule has 0 radical (unpaired) electrons. The summed E-state index contributed by atoms with van der Waals surface area (Å²) < 4.78 is 13.9. The molecule has 0 saturated heterocycles. The van der Waals surface area contributed by atoms with E-state index >= 15 is 0 Å². The van der Waals surface area contributed by atoms with Crippen molar-refractivity contribution >= 4 is 15.9 Å². The van der Waals surface area contributed by atoms with Crippen LogP contribution in [0.1, 0.15) is 31.7 Å². The third-order valence-electron chi connectivity index (χ3n) is 3.40. The number of benzene rings is 1. The molecule has 2 rings (SSSR count). The fraction of sp³-hybridized carbons (Fsp3) is 0.571. The average molecular weight is 300 g/mol. The Hall–Kier alpha value is -0.410. The van der Waals surface area contributed by atoms with E-state index in [0.29, 0.717) is 6.04 Å². The largest absolute Gasteiger partial charge is 0.314 e. The van der Waals surface area contributed by atoms with Gasteiger partial charge >= 0.3 is 0 Å². The van der Waals surface area contributed by atoms with Crippen LogP contribution >= 0.6 is 15.9 Å². The zero-order valence-corrected chi connectivity index (χ0v) is 11.8. The lowest BCUT2D eigenvalue weighted by molar-refractivity contribution is 0.446. The Labute approximate surface area is 111 Å². The number of halogens is 2. The van der Waals surface area contributed by atoms with Crippen LogP contribution in [-0.2, 0) is 6.42 Å². The Bertz CT molecular complexity index is 376. The molecule has 94 valence electrons. The maximum atomic E-state index is 13.0. The molecule has 0 heterocycles. The summed E-state index contributed by atoms with van der Waals surface area (Å²) in [4.78, 5) is 0. The Balaban J connectivity index is 1.91. The molecule has 1 aromatic rings. The number of hydrogen-bond donors (Lipinski definition) is 1. The molecule has 1 aliphatic rings. The molecule has 17 heavy (non-hydrogen) atoms. The number of hydrogen-bond acceptors (Lipinski definition) is 1. The standard InChI is InChI=1S/C14H19BrFN/c1-2-17-14(11-3-4-11)8-6-10-5-7-12(16)9-13(10)15/h5,7,9,11,14,17H,2-4,6,8H2,1H3. The van der Waals surface area contributed by atoms with Crippen molar-refractivity contribution < 1.29 is 4.39 Å². The summed E-state index contributed by atoms with van der Waals surface area (Å²) in [6, 6.07) is 5.61. The van der Waals surface area contributed by atoms with E-state index in [2.05, 4.69) is 28.2 Å². The van der Waals surface area contributed by atoms with Gasteiger partial charge in [-0.3, -0.25) is 0 Å². The summed E-state index contributed by atoms with van der Waals surface area (Å²) in [5, 5.41) is 3.56. The minimum Gasteiger partial charge on any atom is -0.314 e. The van der Waals surface area contributed by atoms with Gasteiger partial charge in [-0.2, -0.15) is 0 Å². The highest BCUT2D eigenvalue weighted by atomic mass is 79.9. The van der Waals surface area contributed by atoms with Gasteiger partial charge in [0.2, 0.25) is 0 Å².